The van der Waals surface area contributed by atoms with E-state index in [-0.39, 0.29) is 11.7 Å². The molecule has 3 aromatic rings. The Morgan fingerprint density at radius 2 is 1.90 bits per heavy atom. The summed E-state index contributed by atoms with van der Waals surface area (Å²) in [4.78, 5) is 21.5. The molecule has 1 aliphatic heterocycles. The molecule has 0 spiro atoms. The van der Waals surface area contributed by atoms with Crippen LogP contribution < -0.4 is 4.74 Å². The predicted octanol–water partition coefficient (Wildman–Crippen LogP) is 3.51. The number of benzene rings is 1. The van der Waals surface area contributed by atoms with Crippen LogP contribution in [0.2, 0.25) is 0 Å². The number of carbonyl (C=O) groups is 1. The fraction of sp³-hybridized carbons (Fsp3) is 0.364. The van der Waals surface area contributed by atoms with E-state index < -0.39 is 6.61 Å². The molecule has 4 rings (SSSR count). The lowest BCUT2D eigenvalue weighted by Gasteiger charge is -2.34. The van der Waals surface area contributed by atoms with Crippen molar-refractivity contribution in [2.45, 2.75) is 27.0 Å². The van der Waals surface area contributed by atoms with E-state index in [1.165, 1.54) is 17.7 Å². The van der Waals surface area contributed by atoms with Gasteiger partial charge in [-0.15, -0.1) is 0 Å². The zero-order valence-corrected chi connectivity index (χ0v) is 17.0. The Morgan fingerprint density at radius 1 is 1.13 bits per heavy atom. The molecule has 0 saturated carbocycles. The summed E-state index contributed by atoms with van der Waals surface area (Å²) in [6, 6.07) is 10.1. The highest BCUT2D eigenvalue weighted by molar-refractivity contribution is 5.94. The first kappa shape index (κ1) is 20.3. The number of piperazine rings is 1. The van der Waals surface area contributed by atoms with Crippen molar-refractivity contribution in [2.75, 3.05) is 26.2 Å². The Morgan fingerprint density at radius 3 is 2.63 bits per heavy atom. The molecule has 158 valence electrons. The van der Waals surface area contributed by atoms with Gasteiger partial charge in [-0.05, 0) is 49.7 Å². The van der Waals surface area contributed by atoms with Crippen LogP contribution in [0.4, 0.5) is 8.78 Å². The van der Waals surface area contributed by atoms with Crippen molar-refractivity contribution >= 4 is 11.6 Å². The van der Waals surface area contributed by atoms with Crippen molar-refractivity contribution in [1.82, 2.24) is 19.2 Å². The zero-order valence-electron chi connectivity index (χ0n) is 17.0. The van der Waals surface area contributed by atoms with E-state index in [0.717, 1.165) is 36.7 Å². The van der Waals surface area contributed by atoms with Crippen molar-refractivity contribution in [3.63, 3.8) is 0 Å². The maximum absolute atomic E-state index is 12.8. The van der Waals surface area contributed by atoms with E-state index in [0.29, 0.717) is 18.7 Å². The van der Waals surface area contributed by atoms with Gasteiger partial charge in [0, 0.05) is 44.5 Å². The number of imidazole rings is 1. The summed E-state index contributed by atoms with van der Waals surface area (Å²) in [6.07, 6.45) is 2.05. The van der Waals surface area contributed by atoms with Crippen LogP contribution in [0.15, 0.2) is 42.6 Å². The summed E-state index contributed by atoms with van der Waals surface area (Å²) >= 11 is 0. The molecule has 1 aromatic carbocycles. The minimum absolute atomic E-state index is 0.00666. The zero-order chi connectivity index (χ0) is 21.3. The third-order valence-corrected chi connectivity index (χ3v) is 5.42. The number of aromatic nitrogens is 2. The maximum atomic E-state index is 12.8. The number of carbonyl (C=O) groups excluding carboxylic acids is 1. The number of nitrogens with zero attached hydrogens (tertiary/aromatic N) is 4. The Bertz CT molecular complexity index is 1060. The number of pyridine rings is 1. The molecular formula is C22H24F2N4O2. The van der Waals surface area contributed by atoms with Crippen molar-refractivity contribution in [2.24, 2.45) is 0 Å². The highest BCUT2D eigenvalue weighted by Crippen LogP contribution is 2.20. The van der Waals surface area contributed by atoms with Gasteiger partial charge in [0.1, 0.15) is 11.4 Å². The van der Waals surface area contributed by atoms with Crippen LogP contribution >= 0.6 is 0 Å². The lowest BCUT2D eigenvalue weighted by atomic mass is 10.1. The SMILES string of the molecule is Cc1ccn2c(CN3CCN(C(=O)c4cccc(OC(F)F)c4)CC3)c(C)nc2c1. The topological polar surface area (TPSA) is 50.1 Å². The molecule has 8 heteroatoms. The summed E-state index contributed by atoms with van der Waals surface area (Å²) < 4.78 is 31.4. The van der Waals surface area contributed by atoms with Crippen LogP contribution in [0.3, 0.4) is 0 Å². The first-order chi connectivity index (χ1) is 14.4. The fourth-order valence-corrected chi connectivity index (χ4v) is 3.81. The first-order valence-electron chi connectivity index (χ1n) is 9.91. The highest BCUT2D eigenvalue weighted by atomic mass is 19.3. The molecule has 0 unspecified atom stereocenters. The number of rotatable bonds is 5. The Labute approximate surface area is 173 Å². The second-order valence-electron chi connectivity index (χ2n) is 7.55. The van der Waals surface area contributed by atoms with Crippen LogP contribution in [0, 0.1) is 13.8 Å². The second kappa shape index (κ2) is 8.39. The van der Waals surface area contributed by atoms with Crippen molar-refractivity contribution in [3.8, 4) is 5.75 Å². The molecule has 1 fully saturated rings. The Kier molecular flexibility index (Phi) is 5.67. The number of alkyl halides is 2. The van der Waals surface area contributed by atoms with Gasteiger partial charge in [0.05, 0.1) is 11.4 Å². The summed E-state index contributed by atoms with van der Waals surface area (Å²) in [5.41, 5.74) is 4.64. The average molecular weight is 414 g/mol. The standard InChI is InChI=1S/C22H24F2N4O2/c1-15-6-7-28-19(16(2)25-20(28)12-15)14-26-8-10-27(11-9-26)21(29)17-4-3-5-18(13-17)30-22(23)24/h3-7,12-13,22H,8-11,14H2,1-2H3. The van der Waals surface area contributed by atoms with E-state index in [1.807, 2.05) is 13.1 Å². The van der Waals surface area contributed by atoms with E-state index in [1.54, 1.807) is 17.0 Å². The van der Waals surface area contributed by atoms with E-state index in [9.17, 15) is 13.6 Å². The molecule has 3 heterocycles. The fourth-order valence-electron chi connectivity index (χ4n) is 3.81. The van der Waals surface area contributed by atoms with Gasteiger partial charge in [0.15, 0.2) is 0 Å². The van der Waals surface area contributed by atoms with Crippen molar-refractivity contribution < 1.29 is 18.3 Å². The van der Waals surface area contributed by atoms with Gasteiger partial charge in [0.25, 0.3) is 5.91 Å². The van der Waals surface area contributed by atoms with Crippen LogP contribution in [0.5, 0.6) is 5.75 Å². The molecule has 0 N–H and O–H groups in total. The van der Waals surface area contributed by atoms with Gasteiger partial charge in [-0.2, -0.15) is 8.78 Å². The number of halogens is 2. The van der Waals surface area contributed by atoms with E-state index >= 15 is 0 Å². The maximum Gasteiger partial charge on any atom is 0.387 e. The molecule has 0 atom stereocenters. The summed E-state index contributed by atoms with van der Waals surface area (Å²) in [6.45, 7) is 4.54. The number of amides is 1. The van der Waals surface area contributed by atoms with Gasteiger partial charge in [-0.1, -0.05) is 6.07 Å². The third kappa shape index (κ3) is 4.28. The highest BCUT2D eigenvalue weighted by Gasteiger charge is 2.24. The summed E-state index contributed by atoms with van der Waals surface area (Å²) in [5, 5.41) is 0. The smallest absolute Gasteiger partial charge is 0.387 e. The minimum Gasteiger partial charge on any atom is -0.435 e. The van der Waals surface area contributed by atoms with E-state index in [2.05, 4.69) is 38.1 Å². The van der Waals surface area contributed by atoms with Gasteiger partial charge in [-0.3, -0.25) is 9.69 Å². The predicted molar refractivity (Wildman–Crippen MR) is 109 cm³/mol. The largest absolute Gasteiger partial charge is 0.435 e. The molecule has 2 aromatic heterocycles. The monoisotopic (exact) mass is 414 g/mol. The molecule has 0 radical (unpaired) electrons. The molecular weight excluding hydrogens is 390 g/mol. The number of aryl methyl sites for hydroxylation is 2. The number of fused-ring (bicyclic) bond motifs is 1. The molecule has 1 saturated heterocycles. The number of hydrogen-bond acceptors (Lipinski definition) is 4. The first-order valence-corrected chi connectivity index (χ1v) is 9.91. The van der Waals surface area contributed by atoms with Crippen molar-refractivity contribution in [1.29, 1.82) is 0 Å². The average Bonchev–Trinajstić information content (AvgIpc) is 3.02. The lowest BCUT2D eigenvalue weighted by molar-refractivity contribution is -0.0499. The number of ether oxygens (including phenoxy) is 1. The molecule has 0 bridgehead atoms. The molecule has 0 aliphatic carbocycles. The van der Waals surface area contributed by atoms with E-state index in [4.69, 9.17) is 0 Å². The van der Waals surface area contributed by atoms with Gasteiger partial charge >= 0.3 is 6.61 Å². The van der Waals surface area contributed by atoms with Gasteiger partial charge < -0.3 is 14.0 Å². The minimum atomic E-state index is -2.91. The number of hydrogen-bond donors (Lipinski definition) is 0. The van der Waals surface area contributed by atoms with Crippen LogP contribution in [0.25, 0.3) is 5.65 Å². The lowest BCUT2D eigenvalue weighted by Crippen LogP contribution is -2.48. The summed E-state index contributed by atoms with van der Waals surface area (Å²) in [7, 11) is 0. The van der Waals surface area contributed by atoms with Gasteiger partial charge in [0.2, 0.25) is 0 Å². The Hall–Kier alpha value is -3.00. The molecule has 30 heavy (non-hydrogen) atoms. The van der Waals surface area contributed by atoms with Crippen LogP contribution in [-0.4, -0.2) is 57.9 Å². The Balaban J connectivity index is 1.40. The molecule has 1 amide bonds. The quantitative estimate of drug-likeness (QED) is 0.641. The molecule has 6 nitrogen and oxygen atoms in total. The van der Waals surface area contributed by atoms with Crippen molar-refractivity contribution in [3.05, 3.63) is 65.1 Å². The second-order valence-corrected chi connectivity index (χ2v) is 7.55. The third-order valence-electron chi connectivity index (χ3n) is 5.42. The van der Waals surface area contributed by atoms with Crippen LogP contribution in [0.1, 0.15) is 27.3 Å². The molecule has 1 aliphatic rings. The normalized spacial score (nSPS) is 15.2. The van der Waals surface area contributed by atoms with Gasteiger partial charge in [-0.25, -0.2) is 4.98 Å². The summed E-state index contributed by atoms with van der Waals surface area (Å²) in [5.74, 6) is -0.177. The van der Waals surface area contributed by atoms with Crippen LogP contribution in [-0.2, 0) is 6.54 Å².